The van der Waals surface area contributed by atoms with Crippen molar-refractivity contribution in [1.29, 1.82) is 0 Å². The maximum absolute atomic E-state index is 11.9. The van der Waals surface area contributed by atoms with Crippen LogP contribution >= 0.6 is 8.25 Å². The van der Waals surface area contributed by atoms with Crippen LogP contribution in [-0.2, 0) is 4.57 Å². The number of hydrogen-bond acceptors (Lipinski definition) is 5. The second kappa shape index (κ2) is 5.80. The van der Waals surface area contributed by atoms with E-state index in [1.54, 1.807) is 24.3 Å². The number of benzene rings is 2. The summed E-state index contributed by atoms with van der Waals surface area (Å²) in [7, 11) is -2.40. The van der Waals surface area contributed by atoms with E-state index in [-0.39, 0.29) is 0 Å². The zero-order chi connectivity index (χ0) is 14.7. The van der Waals surface area contributed by atoms with Gasteiger partial charge in [-0.05, 0) is 49.2 Å². The Bertz CT molecular complexity index is 603. The minimum atomic E-state index is -2.40. The first-order chi connectivity index (χ1) is 9.45. The lowest BCUT2D eigenvalue weighted by Crippen LogP contribution is -1.96. The molecule has 0 aromatic heterocycles. The third kappa shape index (κ3) is 3.39. The molecule has 0 fully saturated rings. The van der Waals surface area contributed by atoms with E-state index in [4.69, 9.17) is 20.5 Å². The van der Waals surface area contributed by atoms with E-state index in [9.17, 15) is 4.57 Å². The van der Waals surface area contributed by atoms with Crippen molar-refractivity contribution in [3.63, 3.8) is 0 Å². The first kappa shape index (κ1) is 14.2. The van der Waals surface area contributed by atoms with E-state index in [0.717, 1.165) is 11.1 Å². The van der Waals surface area contributed by atoms with Crippen LogP contribution in [0.1, 0.15) is 11.1 Å². The van der Waals surface area contributed by atoms with Crippen molar-refractivity contribution in [2.75, 3.05) is 11.5 Å². The Balaban J connectivity index is 2.13. The Labute approximate surface area is 118 Å². The van der Waals surface area contributed by atoms with Crippen LogP contribution in [0.3, 0.4) is 0 Å². The fourth-order valence-electron chi connectivity index (χ4n) is 1.62. The van der Waals surface area contributed by atoms with Crippen LogP contribution < -0.4 is 20.5 Å². The zero-order valence-corrected chi connectivity index (χ0v) is 12.2. The summed E-state index contributed by atoms with van der Waals surface area (Å²) >= 11 is 0. The molecule has 2 rings (SSSR count). The molecule has 0 aliphatic heterocycles. The highest BCUT2D eigenvalue weighted by atomic mass is 31.1. The van der Waals surface area contributed by atoms with Crippen molar-refractivity contribution in [2.24, 2.45) is 0 Å². The van der Waals surface area contributed by atoms with Crippen LogP contribution in [0.5, 0.6) is 11.5 Å². The van der Waals surface area contributed by atoms with Gasteiger partial charge in [0.1, 0.15) is 0 Å². The lowest BCUT2D eigenvalue weighted by atomic mass is 10.2. The van der Waals surface area contributed by atoms with Crippen LogP contribution in [0.2, 0.25) is 0 Å². The summed E-state index contributed by atoms with van der Waals surface area (Å²) in [5.74, 6) is 0.662. The molecule has 20 heavy (non-hydrogen) atoms. The van der Waals surface area contributed by atoms with Crippen molar-refractivity contribution in [3.05, 3.63) is 47.5 Å². The van der Waals surface area contributed by atoms with Crippen molar-refractivity contribution >= 4 is 19.6 Å². The normalized spacial score (nSPS) is 10.1. The van der Waals surface area contributed by atoms with Gasteiger partial charge in [-0.1, -0.05) is 12.1 Å². The molecular formula is C14H16N2O3P+. The summed E-state index contributed by atoms with van der Waals surface area (Å²) in [6.07, 6.45) is 0. The SMILES string of the molecule is Cc1ccc(N)c(O[P+](=O)Oc2cc(C)ccc2N)c1. The van der Waals surface area contributed by atoms with E-state index in [1.807, 2.05) is 26.0 Å². The van der Waals surface area contributed by atoms with E-state index in [0.29, 0.717) is 22.9 Å². The van der Waals surface area contributed by atoms with Gasteiger partial charge in [-0.3, -0.25) is 0 Å². The van der Waals surface area contributed by atoms with Crippen molar-refractivity contribution in [1.82, 2.24) is 0 Å². The molecule has 0 aliphatic rings. The standard InChI is InChI=1S/C14H16N2O3P/c1-9-3-5-11(15)13(7-9)18-20(17)19-14-8-10(2)4-6-12(14)16/h3-8H,15-16H2,1-2H3/q+1. The van der Waals surface area contributed by atoms with Gasteiger partial charge >= 0.3 is 8.25 Å². The molecule has 104 valence electrons. The molecule has 0 radical (unpaired) electrons. The number of nitrogen functional groups attached to an aromatic ring is 2. The number of aryl methyl sites for hydroxylation is 2. The highest BCUT2D eigenvalue weighted by Crippen LogP contribution is 2.36. The maximum Gasteiger partial charge on any atom is 0.805 e. The highest BCUT2D eigenvalue weighted by Gasteiger charge is 2.26. The predicted octanol–water partition coefficient (Wildman–Crippen LogP) is 3.58. The fourth-order valence-corrected chi connectivity index (χ4v) is 2.30. The molecule has 0 spiro atoms. The van der Waals surface area contributed by atoms with Crippen LogP contribution in [0.25, 0.3) is 0 Å². The van der Waals surface area contributed by atoms with E-state index in [1.165, 1.54) is 0 Å². The molecule has 6 heteroatoms. The number of rotatable bonds is 4. The minimum Gasteiger partial charge on any atom is -0.396 e. The molecule has 0 amide bonds. The second-order valence-corrected chi connectivity index (χ2v) is 5.30. The van der Waals surface area contributed by atoms with Gasteiger partial charge in [-0.15, -0.1) is 0 Å². The van der Waals surface area contributed by atoms with Crippen molar-refractivity contribution in [3.8, 4) is 11.5 Å². The molecule has 0 aliphatic carbocycles. The molecule has 0 saturated heterocycles. The van der Waals surface area contributed by atoms with Gasteiger partial charge < -0.3 is 11.5 Å². The minimum absolute atomic E-state index is 0.331. The van der Waals surface area contributed by atoms with Crippen LogP contribution in [0.15, 0.2) is 36.4 Å². The lowest BCUT2D eigenvalue weighted by molar-refractivity contribution is 0.417. The number of hydrogen-bond donors (Lipinski definition) is 2. The smallest absolute Gasteiger partial charge is 0.396 e. The Morgan fingerprint density at radius 1 is 0.850 bits per heavy atom. The van der Waals surface area contributed by atoms with Gasteiger partial charge in [0.25, 0.3) is 0 Å². The van der Waals surface area contributed by atoms with Crippen molar-refractivity contribution < 1.29 is 13.6 Å². The number of anilines is 2. The summed E-state index contributed by atoms with van der Waals surface area (Å²) in [5.41, 5.74) is 14.2. The number of nitrogens with two attached hydrogens (primary N) is 2. The summed E-state index contributed by atoms with van der Waals surface area (Å²) < 4.78 is 22.4. The molecule has 0 atom stereocenters. The molecule has 0 saturated carbocycles. The fraction of sp³-hybridized carbons (Fsp3) is 0.143. The Morgan fingerprint density at radius 3 is 1.65 bits per heavy atom. The Morgan fingerprint density at radius 2 is 1.25 bits per heavy atom. The molecule has 0 unspecified atom stereocenters. The predicted molar refractivity (Wildman–Crippen MR) is 80.0 cm³/mol. The van der Waals surface area contributed by atoms with Gasteiger partial charge in [0, 0.05) is 4.57 Å². The topological polar surface area (TPSA) is 87.6 Å². The van der Waals surface area contributed by atoms with E-state index in [2.05, 4.69) is 0 Å². The largest absolute Gasteiger partial charge is 0.805 e. The Kier molecular flexibility index (Phi) is 4.11. The van der Waals surface area contributed by atoms with Crippen molar-refractivity contribution in [2.45, 2.75) is 13.8 Å². The average Bonchev–Trinajstić information content (AvgIpc) is 2.38. The van der Waals surface area contributed by atoms with E-state index >= 15 is 0 Å². The molecule has 5 nitrogen and oxygen atoms in total. The van der Waals surface area contributed by atoms with E-state index < -0.39 is 8.25 Å². The van der Waals surface area contributed by atoms with Gasteiger partial charge in [-0.25, -0.2) is 9.05 Å². The molecule has 0 bridgehead atoms. The third-order valence-corrected chi connectivity index (χ3v) is 3.38. The summed E-state index contributed by atoms with van der Waals surface area (Å²) in [6, 6.07) is 10.5. The highest BCUT2D eigenvalue weighted by molar-refractivity contribution is 7.34. The third-order valence-electron chi connectivity index (χ3n) is 2.68. The Hall–Kier alpha value is -2.26. The molecule has 0 heterocycles. The van der Waals surface area contributed by atoms with Crippen LogP contribution in [0.4, 0.5) is 11.4 Å². The first-order valence-corrected chi connectivity index (χ1v) is 7.10. The van der Waals surface area contributed by atoms with Gasteiger partial charge in [-0.2, -0.15) is 0 Å². The molecule has 4 N–H and O–H groups in total. The summed E-state index contributed by atoms with van der Waals surface area (Å²) in [5, 5.41) is 0. The van der Waals surface area contributed by atoms with Crippen LogP contribution in [0, 0.1) is 13.8 Å². The van der Waals surface area contributed by atoms with Gasteiger partial charge in [0.15, 0.2) is 0 Å². The zero-order valence-electron chi connectivity index (χ0n) is 11.3. The van der Waals surface area contributed by atoms with Crippen LogP contribution in [-0.4, -0.2) is 0 Å². The molecule has 2 aromatic carbocycles. The summed E-state index contributed by atoms with van der Waals surface area (Å²) in [6.45, 7) is 3.78. The molecular weight excluding hydrogens is 275 g/mol. The second-order valence-electron chi connectivity index (χ2n) is 4.49. The lowest BCUT2D eigenvalue weighted by Gasteiger charge is -2.02. The maximum atomic E-state index is 11.9. The monoisotopic (exact) mass is 291 g/mol. The quantitative estimate of drug-likeness (QED) is 0.664. The average molecular weight is 291 g/mol. The molecule has 2 aromatic rings. The van der Waals surface area contributed by atoms with Gasteiger partial charge in [0.2, 0.25) is 11.5 Å². The van der Waals surface area contributed by atoms with Gasteiger partial charge in [0.05, 0.1) is 11.4 Å². The first-order valence-electron chi connectivity index (χ1n) is 6.01. The summed E-state index contributed by atoms with van der Waals surface area (Å²) in [4.78, 5) is 0.